The maximum Gasteiger partial charge on any atom is 0.387 e. The fourth-order valence-corrected chi connectivity index (χ4v) is 3.24. The van der Waals surface area contributed by atoms with Crippen LogP contribution in [-0.4, -0.2) is 36.1 Å². The minimum Gasteiger partial charge on any atom is -0.435 e. The molecule has 1 fully saturated rings. The van der Waals surface area contributed by atoms with E-state index in [4.69, 9.17) is 0 Å². The highest BCUT2D eigenvalue weighted by Crippen LogP contribution is 2.28. The van der Waals surface area contributed by atoms with Crippen molar-refractivity contribution >= 4 is 5.82 Å². The van der Waals surface area contributed by atoms with Crippen molar-refractivity contribution in [3.05, 3.63) is 54.2 Å². The molecule has 1 aromatic carbocycles. The molecule has 134 valence electrons. The van der Waals surface area contributed by atoms with Crippen molar-refractivity contribution in [2.24, 2.45) is 5.92 Å². The quantitative estimate of drug-likeness (QED) is 0.815. The van der Waals surface area contributed by atoms with Gasteiger partial charge in [-0.1, -0.05) is 18.2 Å². The lowest BCUT2D eigenvalue weighted by atomic mass is 10.1. The van der Waals surface area contributed by atoms with Crippen LogP contribution in [0.1, 0.15) is 24.9 Å². The van der Waals surface area contributed by atoms with Crippen LogP contribution in [0.25, 0.3) is 0 Å². The molecule has 0 bridgehead atoms. The van der Waals surface area contributed by atoms with Gasteiger partial charge >= 0.3 is 6.61 Å². The molecule has 1 saturated heterocycles. The van der Waals surface area contributed by atoms with Gasteiger partial charge in [0.1, 0.15) is 11.6 Å². The van der Waals surface area contributed by atoms with Gasteiger partial charge in [-0.3, -0.25) is 4.90 Å². The summed E-state index contributed by atoms with van der Waals surface area (Å²) < 4.78 is 28.8. The average Bonchev–Trinajstić information content (AvgIpc) is 3.09. The highest BCUT2D eigenvalue weighted by atomic mass is 19.3. The zero-order chi connectivity index (χ0) is 17.6. The molecule has 25 heavy (non-hydrogen) atoms. The van der Waals surface area contributed by atoms with Crippen molar-refractivity contribution in [2.45, 2.75) is 26.0 Å². The van der Waals surface area contributed by atoms with Crippen LogP contribution < -0.4 is 10.1 Å². The number of hydrogen-bond donors (Lipinski definition) is 1. The van der Waals surface area contributed by atoms with Crippen molar-refractivity contribution in [1.82, 2.24) is 9.88 Å². The highest BCUT2D eigenvalue weighted by molar-refractivity contribution is 5.33. The largest absolute Gasteiger partial charge is 0.435 e. The molecule has 2 aromatic rings. The molecule has 2 unspecified atom stereocenters. The summed E-state index contributed by atoms with van der Waals surface area (Å²) >= 11 is 0. The fourth-order valence-electron chi connectivity index (χ4n) is 3.24. The van der Waals surface area contributed by atoms with E-state index >= 15 is 0 Å². The minimum atomic E-state index is -2.78. The Morgan fingerprint density at radius 3 is 2.72 bits per heavy atom. The first kappa shape index (κ1) is 17.6. The zero-order valence-electron chi connectivity index (χ0n) is 14.2. The summed E-state index contributed by atoms with van der Waals surface area (Å²) in [6.07, 6.45) is 2.92. The molecule has 1 aromatic heterocycles. The van der Waals surface area contributed by atoms with Crippen LogP contribution in [0.2, 0.25) is 0 Å². The smallest absolute Gasteiger partial charge is 0.387 e. The number of hydrogen-bond acceptors (Lipinski definition) is 4. The van der Waals surface area contributed by atoms with Gasteiger partial charge in [0.15, 0.2) is 0 Å². The van der Waals surface area contributed by atoms with Crippen LogP contribution in [0.15, 0.2) is 48.7 Å². The number of benzene rings is 1. The molecule has 6 heteroatoms. The lowest BCUT2D eigenvalue weighted by molar-refractivity contribution is -0.0498. The van der Waals surface area contributed by atoms with Crippen molar-refractivity contribution < 1.29 is 13.5 Å². The number of rotatable bonds is 7. The molecule has 2 heterocycles. The lowest BCUT2D eigenvalue weighted by Crippen LogP contribution is -2.26. The van der Waals surface area contributed by atoms with Gasteiger partial charge < -0.3 is 10.1 Å². The summed E-state index contributed by atoms with van der Waals surface area (Å²) in [5.74, 6) is 1.68. The molecule has 0 radical (unpaired) electrons. The van der Waals surface area contributed by atoms with Crippen molar-refractivity contribution in [1.29, 1.82) is 0 Å². The van der Waals surface area contributed by atoms with Gasteiger partial charge in [-0.2, -0.15) is 8.78 Å². The van der Waals surface area contributed by atoms with E-state index in [2.05, 4.69) is 26.9 Å². The highest BCUT2D eigenvalue weighted by Gasteiger charge is 2.26. The van der Waals surface area contributed by atoms with Gasteiger partial charge in [-0.25, -0.2) is 4.98 Å². The molecule has 1 aliphatic rings. The minimum absolute atomic E-state index is 0.199. The number of nitrogens with zero attached hydrogens (tertiary/aromatic N) is 2. The van der Waals surface area contributed by atoms with E-state index in [0.717, 1.165) is 37.4 Å². The van der Waals surface area contributed by atoms with Crippen molar-refractivity contribution in [2.75, 3.05) is 25.0 Å². The van der Waals surface area contributed by atoms with Gasteiger partial charge in [0.05, 0.1) is 0 Å². The summed E-state index contributed by atoms with van der Waals surface area (Å²) in [4.78, 5) is 6.70. The molecule has 4 nitrogen and oxygen atoms in total. The van der Waals surface area contributed by atoms with Gasteiger partial charge in [0, 0.05) is 25.3 Å². The van der Waals surface area contributed by atoms with Crippen LogP contribution in [0.5, 0.6) is 5.75 Å². The predicted molar refractivity (Wildman–Crippen MR) is 93.9 cm³/mol. The summed E-state index contributed by atoms with van der Waals surface area (Å²) in [5, 5.41) is 3.39. The monoisotopic (exact) mass is 347 g/mol. The second-order valence-corrected chi connectivity index (χ2v) is 6.37. The van der Waals surface area contributed by atoms with Gasteiger partial charge in [-0.15, -0.1) is 0 Å². The Bertz CT molecular complexity index is 651. The molecule has 1 N–H and O–H groups in total. The maximum absolute atomic E-state index is 12.2. The Morgan fingerprint density at radius 2 is 2.04 bits per heavy atom. The number of nitrogens with one attached hydrogen (secondary N) is 1. The summed E-state index contributed by atoms with van der Waals surface area (Å²) in [6.45, 7) is 2.31. The number of halogens is 2. The lowest BCUT2D eigenvalue weighted by Gasteiger charge is -2.25. The Kier molecular flexibility index (Phi) is 5.81. The van der Waals surface area contributed by atoms with Crippen LogP contribution in [-0.2, 0) is 0 Å². The molecule has 1 aliphatic heterocycles. The third kappa shape index (κ3) is 4.89. The van der Waals surface area contributed by atoms with Crippen LogP contribution >= 0.6 is 0 Å². The first-order valence-electron chi connectivity index (χ1n) is 8.55. The number of pyridine rings is 1. The maximum atomic E-state index is 12.2. The summed E-state index contributed by atoms with van der Waals surface area (Å²) in [6, 6.07) is 13.0. The first-order chi connectivity index (χ1) is 12.1. The summed E-state index contributed by atoms with van der Waals surface area (Å²) in [5.41, 5.74) is 1.11. The molecular formula is C19H23F2N3O. The molecule has 3 rings (SSSR count). The molecule has 0 saturated carbocycles. The fraction of sp³-hybridized carbons (Fsp3) is 0.421. The van der Waals surface area contributed by atoms with E-state index in [9.17, 15) is 8.78 Å². The average molecular weight is 347 g/mol. The zero-order valence-corrected chi connectivity index (χ0v) is 14.2. The third-order valence-corrected chi connectivity index (χ3v) is 4.69. The first-order valence-corrected chi connectivity index (χ1v) is 8.55. The normalized spacial score (nSPS) is 19.1. The van der Waals surface area contributed by atoms with Crippen molar-refractivity contribution in [3.63, 3.8) is 0 Å². The number of anilines is 1. The Morgan fingerprint density at radius 1 is 1.24 bits per heavy atom. The molecule has 0 amide bonds. The number of likely N-dealkylation sites (tertiary alicyclic amines) is 1. The SMILES string of the molecule is CC(c1ccc(OC(F)F)cc1)N1CCC(CNc2ccccn2)C1. The Balaban J connectivity index is 1.50. The number of aromatic nitrogens is 1. The number of ether oxygens (including phenoxy) is 1. The number of alkyl halides is 2. The molecular weight excluding hydrogens is 324 g/mol. The van der Waals surface area contributed by atoms with E-state index in [1.807, 2.05) is 30.3 Å². The second kappa shape index (κ2) is 8.25. The second-order valence-electron chi connectivity index (χ2n) is 6.37. The van der Waals surface area contributed by atoms with E-state index in [0.29, 0.717) is 5.92 Å². The van der Waals surface area contributed by atoms with Crippen molar-refractivity contribution in [3.8, 4) is 5.75 Å². The van der Waals surface area contributed by atoms with E-state index < -0.39 is 6.61 Å². The van der Waals surface area contributed by atoms with Crippen LogP contribution in [0.3, 0.4) is 0 Å². The van der Waals surface area contributed by atoms with E-state index in [1.165, 1.54) is 0 Å². The van der Waals surface area contributed by atoms with Crippen LogP contribution in [0, 0.1) is 5.92 Å². The van der Waals surface area contributed by atoms with Crippen LogP contribution in [0.4, 0.5) is 14.6 Å². The van der Waals surface area contributed by atoms with Gasteiger partial charge in [-0.05, 0) is 55.6 Å². The van der Waals surface area contributed by atoms with Gasteiger partial charge in [0.25, 0.3) is 0 Å². The topological polar surface area (TPSA) is 37.4 Å². The molecule has 2 atom stereocenters. The van der Waals surface area contributed by atoms with E-state index in [-0.39, 0.29) is 11.8 Å². The third-order valence-electron chi connectivity index (χ3n) is 4.69. The van der Waals surface area contributed by atoms with Gasteiger partial charge in [0.2, 0.25) is 0 Å². The molecule has 0 spiro atoms. The van der Waals surface area contributed by atoms with E-state index in [1.54, 1.807) is 18.3 Å². The molecule has 0 aliphatic carbocycles. The summed E-state index contributed by atoms with van der Waals surface area (Å²) in [7, 11) is 0. The Hall–Kier alpha value is -2.21. The standard InChI is InChI=1S/C19H23F2N3O/c1-14(16-5-7-17(8-6-16)25-19(20)21)24-11-9-15(13-24)12-23-18-4-2-3-10-22-18/h2-8,10,14-15,19H,9,11-13H2,1H3,(H,22,23). The Labute approximate surface area is 146 Å². The predicted octanol–water partition coefficient (Wildman–Crippen LogP) is 4.18.